The van der Waals surface area contributed by atoms with Crippen LogP contribution >= 0.6 is 0 Å². The lowest BCUT2D eigenvalue weighted by molar-refractivity contribution is 0.174. The van der Waals surface area contributed by atoms with Gasteiger partial charge in [-0.3, -0.25) is 4.90 Å². The van der Waals surface area contributed by atoms with Gasteiger partial charge in [0.05, 0.1) is 12.8 Å². The molecule has 0 atom stereocenters. The first-order valence-corrected chi connectivity index (χ1v) is 9.78. The number of fused-ring (bicyclic) bond motifs is 1. The monoisotopic (exact) mass is 398 g/mol. The van der Waals surface area contributed by atoms with Crippen molar-refractivity contribution in [2.45, 2.75) is 0 Å². The first kappa shape index (κ1) is 19.2. The van der Waals surface area contributed by atoms with Gasteiger partial charge in [-0.05, 0) is 24.3 Å². The molecule has 2 amide bonds. The Labute approximate surface area is 170 Å². The van der Waals surface area contributed by atoms with E-state index in [9.17, 15) is 4.79 Å². The summed E-state index contributed by atoms with van der Waals surface area (Å²) in [6.07, 6.45) is 0. The molecular formula is C21H26N4O4. The molecule has 0 radical (unpaired) electrons. The van der Waals surface area contributed by atoms with Crippen LogP contribution in [0.3, 0.4) is 0 Å². The number of ether oxygens (including phenoxy) is 3. The van der Waals surface area contributed by atoms with Gasteiger partial charge in [0.15, 0.2) is 11.5 Å². The maximum Gasteiger partial charge on any atom is 0.319 e. The van der Waals surface area contributed by atoms with E-state index in [1.165, 1.54) is 0 Å². The zero-order valence-electron chi connectivity index (χ0n) is 16.5. The molecular weight excluding hydrogens is 372 g/mol. The number of urea groups is 1. The molecule has 0 unspecified atom stereocenters. The molecule has 0 spiro atoms. The molecule has 2 heterocycles. The van der Waals surface area contributed by atoms with Crippen LogP contribution in [0.2, 0.25) is 0 Å². The Kier molecular flexibility index (Phi) is 5.90. The van der Waals surface area contributed by atoms with E-state index in [1.807, 2.05) is 18.2 Å². The van der Waals surface area contributed by atoms with Crippen LogP contribution in [-0.4, -0.2) is 64.1 Å². The van der Waals surface area contributed by atoms with Crippen molar-refractivity contribution in [3.63, 3.8) is 0 Å². The Hall–Kier alpha value is -3.13. The van der Waals surface area contributed by atoms with Crippen LogP contribution in [0.4, 0.5) is 16.2 Å². The number of hydrogen-bond donors (Lipinski definition) is 2. The second kappa shape index (κ2) is 8.91. The third-order valence-electron chi connectivity index (χ3n) is 5.14. The first-order chi connectivity index (χ1) is 14.2. The number of para-hydroxylation sites is 2. The van der Waals surface area contributed by atoms with Gasteiger partial charge in [-0.25, -0.2) is 4.79 Å². The Morgan fingerprint density at radius 2 is 1.86 bits per heavy atom. The summed E-state index contributed by atoms with van der Waals surface area (Å²) in [7, 11) is 1.70. The Bertz CT molecular complexity index is 852. The molecule has 2 N–H and O–H groups in total. The molecule has 2 aromatic rings. The maximum atomic E-state index is 12.1. The van der Waals surface area contributed by atoms with Gasteiger partial charge in [-0.2, -0.15) is 0 Å². The van der Waals surface area contributed by atoms with E-state index >= 15 is 0 Å². The highest BCUT2D eigenvalue weighted by atomic mass is 16.7. The second-order valence-corrected chi connectivity index (χ2v) is 6.95. The van der Waals surface area contributed by atoms with Crippen LogP contribution in [0.15, 0.2) is 42.5 Å². The third kappa shape index (κ3) is 4.65. The number of anilines is 2. The molecule has 1 fully saturated rings. The van der Waals surface area contributed by atoms with E-state index in [0.717, 1.165) is 44.2 Å². The standard InChI is InChI=1S/C21H26N4O4/c1-27-18-5-3-2-4-17(18)25-12-10-24(11-13-25)9-8-22-21(26)23-16-6-7-19-20(14-16)29-15-28-19/h2-7,14H,8-13,15H2,1H3,(H2,22,23,26). The number of hydrogen-bond acceptors (Lipinski definition) is 6. The lowest BCUT2D eigenvalue weighted by Crippen LogP contribution is -2.48. The fraction of sp³-hybridized carbons (Fsp3) is 0.381. The minimum absolute atomic E-state index is 0.218. The van der Waals surface area contributed by atoms with Gasteiger partial charge in [0.25, 0.3) is 0 Å². The van der Waals surface area contributed by atoms with Crippen molar-refractivity contribution < 1.29 is 19.0 Å². The average molecular weight is 398 g/mol. The molecule has 0 aliphatic carbocycles. The van der Waals surface area contributed by atoms with Crippen molar-refractivity contribution in [2.24, 2.45) is 0 Å². The summed E-state index contributed by atoms with van der Waals surface area (Å²) in [5.74, 6) is 2.25. The number of methoxy groups -OCH3 is 1. The van der Waals surface area contributed by atoms with Crippen LogP contribution < -0.4 is 29.7 Å². The van der Waals surface area contributed by atoms with Crippen molar-refractivity contribution >= 4 is 17.4 Å². The molecule has 1 saturated heterocycles. The lowest BCUT2D eigenvalue weighted by Gasteiger charge is -2.36. The highest BCUT2D eigenvalue weighted by Gasteiger charge is 2.19. The summed E-state index contributed by atoms with van der Waals surface area (Å²) in [5, 5.41) is 5.73. The highest BCUT2D eigenvalue weighted by Crippen LogP contribution is 2.34. The van der Waals surface area contributed by atoms with Crippen molar-refractivity contribution in [2.75, 3.05) is 63.4 Å². The summed E-state index contributed by atoms with van der Waals surface area (Å²) in [5.41, 5.74) is 1.81. The largest absolute Gasteiger partial charge is 0.495 e. The average Bonchev–Trinajstić information content (AvgIpc) is 3.22. The molecule has 8 nitrogen and oxygen atoms in total. The number of carbonyl (C=O) groups is 1. The number of carbonyl (C=O) groups excluding carboxylic acids is 1. The number of amides is 2. The molecule has 154 valence electrons. The van der Waals surface area contributed by atoms with Gasteiger partial charge in [0, 0.05) is 51.0 Å². The SMILES string of the molecule is COc1ccccc1N1CCN(CCNC(=O)Nc2ccc3c(c2)OCO3)CC1. The predicted octanol–water partition coefficient (Wildman–Crippen LogP) is 2.37. The first-order valence-electron chi connectivity index (χ1n) is 9.78. The quantitative estimate of drug-likeness (QED) is 0.778. The number of piperazine rings is 1. The molecule has 0 aromatic heterocycles. The molecule has 0 bridgehead atoms. The molecule has 2 aromatic carbocycles. The van der Waals surface area contributed by atoms with Crippen LogP contribution in [0, 0.1) is 0 Å². The van der Waals surface area contributed by atoms with Crippen molar-refractivity contribution in [3.8, 4) is 17.2 Å². The van der Waals surface area contributed by atoms with E-state index in [2.05, 4.69) is 26.5 Å². The summed E-state index contributed by atoms with van der Waals surface area (Å²) in [6.45, 7) is 5.38. The van der Waals surface area contributed by atoms with Gasteiger partial charge in [0.2, 0.25) is 6.79 Å². The van der Waals surface area contributed by atoms with E-state index in [4.69, 9.17) is 14.2 Å². The van der Waals surface area contributed by atoms with Gasteiger partial charge in [-0.1, -0.05) is 12.1 Å². The van der Waals surface area contributed by atoms with Gasteiger partial charge >= 0.3 is 6.03 Å². The molecule has 29 heavy (non-hydrogen) atoms. The third-order valence-corrected chi connectivity index (χ3v) is 5.14. The molecule has 0 saturated carbocycles. The van der Waals surface area contributed by atoms with Crippen molar-refractivity contribution in [3.05, 3.63) is 42.5 Å². The molecule has 2 aliphatic rings. The second-order valence-electron chi connectivity index (χ2n) is 6.95. The van der Waals surface area contributed by atoms with Crippen molar-refractivity contribution in [1.29, 1.82) is 0 Å². The smallest absolute Gasteiger partial charge is 0.319 e. The van der Waals surface area contributed by atoms with E-state index in [-0.39, 0.29) is 12.8 Å². The van der Waals surface area contributed by atoms with E-state index < -0.39 is 0 Å². The molecule has 4 rings (SSSR count). The Balaban J connectivity index is 1.18. The lowest BCUT2D eigenvalue weighted by atomic mass is 10.2. The number of nitrogens with one attached hydrogen (secondary N) is 2. The van der Waals surface area contributed by atoms with Crippen LogP contribution in [0.1, 0.15) is 0 Å². The zero-order chi connectivity index (χ0) is 20.1. The minimum atomic E-state index is -0.225. The molecule has 2 aliphatic heterocycles. The van der Waals surface area contributed by atoms with Gasteiger partial charge < -0.3 is 29.7 Å². The Morgan fingerprint density at radius 1 is 1.07 bits per heavy atom. The van der Waals surface area contributed by atoms with Crippen LogP contribution in [0.25, 0.3) is 0 Å². The summed E-state index contributed by atoms with van der Waals surface area (Å²) in [6, 6.07) is 13.2. The number of nitrogens with zero attached hydrogens (tertiary/aromatic N) is 2. The van der Waals surface area contributed by atoms with E-state index in [1.54, 1.807) is 25.3 Å². The summed E-state index contributed by atoms with van der Waals surface area (Å²) in [4.78, 5) is 16.8. The number of benzene rings is 2. The topological polar surface area (TPSA) is 75.3 Å². The zero-order valence-corrected chi connectivity index (χ0v) is 16.5. The Morgan fingerprint density at radius 3 is 2.69 bits per heavy atom. The normalized spacial score (nSPS) is 15.8. The van der Waals surface area contributed by atoms with Crippen LogP contribution in [0.5, 0.6) is 17.2 Å². The fourth-order valence-corrected chi connectivity index (χ4v) is 3.58. The molecule has 8 heteroatoms. The van der Waals surface area contributed by atoms with Crippen molar-refractivity contribution in [1.82, 2.24) is 10.2 Å². The highest BCUT2D eigenvalue weighted by molar-refractivity contribution is 5.89. The predicted molar refractivity (Wildman–Crippen MR) is 111 cm³/mol. The van der Waals surface area contributed by atoms with Gasteiger partial charge in [-0.15, -0.1) is 0 Å². The summed E-state index contributed by atoms with van der Waals surface area (Å²) < 4.78 is 16.1. The van der Waals surface area contributed by atoms with E-state index in [0.29, 0.717) is 23.7 Å². The fourth-order valence-electron chi connectivity index (χ4n) is 3.58. The van der Waals surface area contributed by atoms with Crippen LogP contribution in [-0.2, 0) is 0 Å². The number of rotatable bonds is 6. The maximum absolute atomic E-state index is 12.1. The summed E-state index contributed by atoms with van der Waals surface area (Å²) >= 11 is 0. The minimum Gasteiger partial charge on any atom is -0.495 e. The van der Waals surface area contributed by atoms with Gasteiger partial charge in [0.1, 0.15) is 5.75 Å².